The van der Waals surface area contributed by atoms with Crippen LogP contribution in [0.1, 0.15) is 44.6 Å². The molecule has 4 rings (SSSR count). The number of carbonyl (C=O) groups is 2. The van der Waals surface area contributed by atoms with Crippen LogP contribution in [0.25, 0.3) is 0 Å². The average Bonchev–Trinajstić information content (AvgIpc) is 3.06. The van der Waals surface area contributed by atoms with Crippen LogP contribution < -0.4 is 5.32 Å². The summed E-state index contributed by atoms with van der Waals surface area (Å²) in [6.45, 7) is 3.87. The molecule has 152 valence electrons. The number of nitrogens with zero attached hydrogens (tertiary/aromatic N) is 1. The number of hydrogen-bond acceptors (Lipinski definition) is 4. The SMILES string of the molecule is CC1CCCC1(O)CNC(=O)C1CC12CCN(C(=O)OCc1ccccc1)C2. The third-order valence-electron chi connectivity index (χ3n) is 7.09. The Bertz CT molecular complexity index is 739. The van der Waals surface area contributed by atoms with Crippen molar-refractivity contribution >= 4 is 12.0 Å². The van der Waals surface area contributed by atoms with Gasteiger partial charge in [-0.25, -0.2) is 4.79 Å². The quantitative estimate of drug-likeness (QED) is 0.816. The molecule has 0 radical (unpaired) electrons. The lowest BCUT2D eigenvalue weighted by molar-refractivity contribution is -0.124. The molecule has 6 nitrogen and oxygen atoms in total. The molecule has 2 N–H and O–H groups in total. The monoisotopic (exact) mass is 386 g/mol. The molecule has 1 saturated heterocycles. The zero-order valence-corrected chi connectivity index (χ0v) is 16.5. The molecule has 1 heterocycles. The van der Waals surface area contributed by atoms with E-state index in [0.717, 1.165) is 37.7 Å². The van der Waals surface area contributed by atoms with E-state index in [0.29, 0.717) is 19.6 Å². The normalized spacial score (nSPS) is 33.9. The van der Waals surface area contributed by atoms with E-state index in [1.165, 1.54) is 0 Å². The third-order valence-corrected chi connectivity index (χ3v) is 7.09. The zero-order chi connectivity index (χ0) is 19.8. The zero-order valence-electron chi connectivity index (χ0n) is 16.5. The first-order valence-corrected chi connectivity index (χ1v) is 10.4. The Balaban J connectivity index is 1.24. The van der Waals surface area contributed by atoms with E-state index in [2.05, 4.69) is 5.32 Å². The maximum atomic E-state index is 12.6. The molecule has 1 aromatic rings. The third kappa shape index (κ3) is 3.75. The van der Waals surface area contributed by atoms with Gasteiger partial charge in [0, 0.05) is 31.0 Å². The van der Waals surface area contributed by atoms with Crippen molar-refractivity contribution in [1.29, 1.82) is 0 Å². The summed E-state index contributed by atoms with van der Waals surface area (Å²) in [4.78, 5) is 26.7. The van der Waals surface area contributed by atoms with Gasteiger partial charge in [-0.1, -0.05) is 43.7 Å². The second-order valence-electron chi connectivity index (χ2n) is 8.95. The lowest BCUT2D eigenvalue weighted by Crippen LogP contribution is -2.45. The molecule has 4 unspecified atom stereocenters. The van der Waals surface area contributed by atoms with Gasteiger partial charge >= 0.3 is 6.09 Å². The Morgan fingerprint density at radius 3 is 2.79 bits per heavy atom. The van der Waals surface area contributed by atoms with Crippen LogP contribution in [0, 0.1) is 17.3 Å². The maximum absolute atomic E-state index is 12.6. The molecular weight excluding hydrogens is 356 g/mol. The van der Waals surface area contributed by atoms with Crippen molar-refractivity contribution in [3.8, 4) is 0 Å². The lowest BCUT2D eigenvalue weighted by atomic mass is 9.92. The molecule has 1 aliphatic heterocycles. The number of likely N-dealkylation sites (tertiary alicyclic amines) is 1. The second-order valence-corrected chi connectivity index (χ2v) is 8.95. The summed E-state index contributed by atoms with van der Waals surface area (Å²) in [7, 11) is 0. The van der Waals surface area contributed by atoms with Crippen molar-refractivity contribution in [2.45, 2.75) is 51.2 Å². The minimum atomic E-state index is -0.763. The van der Waals surface area contributed by atoms with Crippen molar-refractivity contribution in [3.63, 3.8) is 0 Å². The number of benzene rings is 1. The Morgan fingerprint density at radius 1 is 1.29 bits per heavy atom. The second kappa shape index (κ2) is 7.39. The van der Waals surface area contributed by atoms with E-state index in [-0.39, 0.29) is 35.9 Å². The summed E-state index contributed by atoms with van der Waals surface area (Å²) in [5.41, 5.74) is 0.105. The summed E-state index contributed by atoms with van der Waals surface area (Å²) < 4.78 is 5.42. The van der Waals surface area contributed by atoms with Gasteiger partial charge in [0.05, 0.1) is 5.60 Å². The minimum absolute atomic E-state index is 0.0204. The molecule has 28 heavy (non-hydrogen) atoms. The molecule has 2 amide bonds. The molecule has 1 spiro atoms. The number of nitrogens with one attached hydrogen (secondary N) is 1. The van der Waals surface area contributed by atoms with Crippen LogP contribution in [0.3, 0.4) is 0 Å². The van der Waals surface area contributed by atoms with Gasteiger partial charge in [0.15, 0.2) is 0 Å². The van der Waals surface area contributed by atoms with Gasteiger partial charge in [0.1, 0.15) is 6.61 Å². The molecule has 0 bridgehead atoms. The van der Waals surface area contributed by atoms with Crippen LogP contribution in [0.2, 0.25) is 0 Å². The van der Waals surface area contributed by atoms with Crippen molar-refractivity contribution in [2.24, 2.45) is 17.3 Å². The van der Waals surface area contributed by atoms with Crippen LogP contribution in [-0.4, -0.2) is 47.2 Å². The van der Waals surface area contributed by atoms with Crippen LogP contribution >= 0.6 is 0 Å². The highest BCUT2D eigenvalue weighted by Gasteiger charge is 2.61. The largest absolute Gasteiger partial charge is 0.445 e. The van der Waals surface area contributed by atoms with Crippen LogP contribution in [0.15, 0.2) is 30.3 Å². The smallest absolute Gasteiger partial charge is 0.410 e. The van der Waals surface area contributed by atoms with Gasteiger partial charge in [-0.2, -0.15) is 0 Å². The highest BCUT2D eigenvalue weighted by molar-refractivity contribution is 5.83. The van der Waals surface area contributed by atoms with Crippen molar-refractivity contribution in [1.82, 2.24) is 10.2 Å². The van der Waals surface area contributed by atoms with E-state index in [1.807, 2.05) is 37.3 Å². The van der Waals surface area contributed by atoms with Crippen LogP contribution in [0.5, 0.6) is 0 Å². The molecule has 1 aromatic carbocycles. The van der Waals surface area contributed by atoms with E-state index in [9.17, 15) is 14.7 Å². The molecule has 6 heteroatoms. The predicted octanol–water partition coefficient (Wildman–Crippen LogP) is 2.70. The molecule has 3 aliphatic rings. The summed E-state index contributed by atoms with van der Waals surface area (Å²) >= 11 is 0. The fourth-order valence-corrected chi connectivity index (χ4v) is 4.89. The first-order valence-electron chi connectivity index (χ1n) is 10.4. The predicted molar refractivity (Wildman–Crippen MR) is 104 cm³/mol. The van der Waals surface area contributed by atoms with Gasteiger partial charge < -0.3 is 20.1 Å². The van der Waals surface area contributed by atoms with E-state index in [4.69, 9.17) is 4.74 Å². The Labute approximate surface area is 166 Å². The van der Waals surface area contributed by atoms with Gasteiger partial charge in [-0.15, -0.1) is 0 Å². The highest BCUT2D eigenvalue weighted by Crippen LogP contribution is 2.58. The van der Waals surface area contributed by atoms with E-state index < -0.39 is 5.60 Å². The van der Waals surface area contributed by atoms with Gasteiger partial charge in [-0.3, -0.25) is 4.79 Å². The van der Waals surface area contributed by atoms with Crippen molar-refractivity contribution < 1.29 is 19.4 Å². The number of rotatable bonds is 5. The number of amides is 2. The number of ether oxygens (including phenoxy) is 1. The summed E-state index contributed by atoms with van der Waals surface area (Å²) in [5, 5.41) is 13.6. The van der Waals surface area contributed by atoms with Gasteiger partial charge in [-0.05, 0) is 37.2 Å². The molecule has 2 saturated carbocycles. The molecule has 0 aromatic heterocycles. The Morgan fingerprint density at radius 2 is 2.07 bits per heavy atom. The number of hydrogen-bond donors (Lipinski definition) is 2. The van der Waals surface area contributed by atoms with Crippen LogP contribution in [-0.2, 0) is 16.1 Å². The standard InChI is InChI=1S/C22H30N2O4/c1-16-6-5-9-22(16,27)14-23-19(25)18-12-21(18)10-11-24(15-21)20(26)28-13-17-7-3-2-4-8-17/h2-4,7-8,16,18,27H,5-6,9-15H2,1H3,(H,23,25). The average molecular weight is 386 g/mol. The number of aliphatic hydroxyl groups is 1. The fraction of sp³-hybridized carbons (Fsp3) is 0.636. The Kier molecular flexibility index (Phi) is 5.08. The first kappa shape index (κ1) is 19.2. The van der Waals surface area contributed by atoms with Gasteiger partial charge in [0.2, 0.25) is 5.91 Å². The van der Waals surface area contributed by atoms with Crippen LogP contribution in [0.4, 0.5) is 4.79 Å². The van der Waals surface area contributed by atoms with Crippen molar-refractivity contribution in [3.05, 3.63) is 35.9 Å². The lowest BCUT2D eigenvalue weighted by Gasteiger charge is -2.28. The summed E-state index contributed by atoms with van der Waals surface area (Å²) in [6, 6.07) is 9.63. The van der Waals surface area contributed by atoms with E-state index >= 15 is 0 Å². The topological polar surface area (TPSA) is 78.9 Å². The molecule has 3 fully saturated rings. The van der Waals surface area contributed by atoms with Crippen molar-refractivity contribution in [2.75, 3.05) is 19.6 Å². The first-order chi connectivity index (χ1) is 13.4. The maximum Gasteiger partial charge on any atom is 0.410 e. The molecular formula is C22H30N2O4. The van der Waals surface area contributed by atoms with E-state index in [1.54, 1.807) is 4.90 Å². The molecule has 4 atom stereocenters. The van der Waals surface area contributed by atoms with Gasteiger partial charge in [0.25, 0.3) is 0 Å². The summed E-state index contributed by atoms with van der Waals surface area (Å²) in [5.74, 6) is 0.189. The highest BCUT2D eigenvalue weighted by atomic mass is 16.6. The number of carbonyl (C=O) groups excluding carboxylic acids is 2. The Hall–Kier alpha value is -2.08. The minimum Gasteiger partial charge on any atom is -0.445 e. The molecule has 2 aliphatic carbocycles. The fourth-order valence-electron chi connectivity index (χ4n) is 4.89. The summed E-state index contributed by atoms with van der Waals surface area (Å²) in [6.07, 6.45) is 4.13.